The monoisotopic (exact) mass is 384 g/mol. The van der Waals surface area contributed by atoms with Crippen molar-refractivity contribution in [3.05, 3.63) is 11.6 Å². The van der Waals surface area contributed by atoms with Crippen molar-refractivity contribution >= 4 is 5.78 Å². The van der Waals surface area contributed by atoms with Crippen LogP contribution in [0.2, 0.25) is 0 Å². The number of hydrogen-bond donors (Lipinski definition) is 0. The fraction of sp³-hybridized carbons (Fsp3) is 0.889. The van der Waals surface area contributed by atoms with Gasteiger partial charge in [0.15, 0.2) is 0 Å². The largest absolute Gasteiger partial charge is 0.299 e. The highest BCUT2D eigenvalue weighted by Gasteiger charge is 2.58. The Labute approximate surface area is 174 Å². The molecule has 4 aliphatic carbocycles. The van der Waals surface area contributed by atoms with E-state index in [2.05, 4.69) is 40.7 Å². The van der Waals surface area contributed by atoms with Crippen LogP contribution in [0.25, 0.3) is 0 Å². The molecule has 0 N–H and O–H groups in total. The Morgan fingerprint density at radius 1 is 1.07 bits per heavy atom. The van der Waals surface area contributed by atoms with Gasteiger partial charge in [0, 0.05) is 12.3 Å². The van der Waals surface area contributed by atoms with Crippen molar-refractivity contribution in [1.29, 1.82) is 0 Å². The van der Waals surface area contributed by atoms with E-state index in [4.69, 9.17) is 0 Å². The minimum Gasteiger partial charge on any atom is -0.299 e. The van der Waals surface area contributed by atoms with E-state index < -0.39 is 0 Å². The third-order valence-electron chi connectivity index (χ3n) is 10.3. The molecule has 0 spiro atoms. The molecule has 0 bridgehead atoms. The summed E-state index contributed by atoms with van der Waals surface area (Å²) in [6.07, 6.45) is 17.4. The third-order valence-corrected chi connectivity index (χ3v) is 10.3. The molecule has 0 aromatic rings. The molecule has 1 nitrogen and oxygen atoms in total. The smallest absolute Gasteiger partial charge is 0.135 e. The summed E-state index contributed by atoms with van der Waals surface area (Å²) < 4.78 is 0. The summed E-state index contributed by atoms with van der Waals surface area (Å²) in [5.74, 6) is 5.01. The standard InChI is InChI=1S/C27H44O/c1-18(2)25(28)14-9-19(3)22-12-13-23-21-11-10-20-8-6-7-16-26(20,4)24(21)15-17-27(22,23)5/h10,18-19,21-24H,6-9,11-17H2,1-5H3. The summed E-state index contributed by atoms with van der Waals surface area (Å²) in [6, 6.07) is 0. The molecule has 0 radical (unpaired) electrons. The summed E-state index contributed by atoms with van der Waals surface area (Å²) in [4.78, 5) is 12.2. The maximum Gasteiger partial charge on any atom is 0.135 e. The Morgan fingerprint density at radius 3 is 2.61 bits per heavy atom. The van der Waals surface area contributed by atoms with Gasteiger partial charge in [-0.3, -0.25) is 4.79 Å². The summed E-state index contributed by atoms with van der Waals surface area (Å²) in [5, 5.41) is 0. The van der Waals surface area contributed by atoms with E-state index >= 15 is 0 Å². The summed E-state index contributed by atoms with van der Waals surface area (Å²) in [7, 11) is 0. The summed E-state index contributed by atoms with van der Waals surface area (Å²) >= 11 is 0. The molecule has 0 aromatic carbocycles. The van der Waals surface area contributed by atoms with Crippen molar-refractivity contribution in [1.82, 2.24) is 0 Å². The zero-order valence-corrected chi connectivity index (χ0v) is 19.2. The number of rotatable bonds is 5. The van der Waals surface area contributed by atoms with Crippen LogP contribution >= 0.6 is 0 Å². The number of allylic oxidation sites excluding steroid dienone is 2. The van der Waals surface area contributed by atoms with E-state index in [1.807, 2.05) is 5.57 Å². The lowest BCUT2D eigenvalue weighted by Crippen LogP contribution is -2.50. The van der Waals surface area contributed by atoms with Crippen LogP contribution < -0.4 is 0 Å². The van der Waals surface area contributed by atoms with E-state index in [1.54, 1.807) is 0 Å². The second kappa shape index (κ2) is 7.59. The molecule has 3 fully saturated rings. The van der Waals surface area contributed by atoms with Gasteiger partial charge in [-0.15, -0.1) is 0 Å². The molecular formula is C27H44O. The van der Waals surface area contributed by atoms with Crippen LogP contribution in [-0.4, -0.2) is 5.78 Å². The van der Waals surface area contributed by atoms with Gasteiger partial charge in [-0.1, -0.05) is 52.7 Å². The first-order valence-electron chi connectivity index (χ1n) is 12.5. The first-order valence-corrected chi connectivity index (χ1v) is 12.5. The van der Waals surface area contributed by atoms with Crippen LogP contribution in [0.4, 0.5) is 0 Å². The van der Waals surface area contributed by atoms with E-state index in [0.717, 1.165) is 36.5 Å². The van der Waals surface area contributed by atoms with E-state index in [9.17, 15) is 4.79 Å². The highest BCUT2D eigenvalue weighted by molar-refractivity contribution is 5.80. The lowest BCUT2D eigenvalue weighted by Gasteiger charge is -2.58. The average molecular weight is 385 g/mol. The van der Waals surface area contributed by atoms with Crippen molar-refractivity contribution in [2.45, 2.75) is 105 Å². The van der Waals surface area contributed by atoms with Crippen molar-refractivity contribution in [2.75, 3.05) is 0 Å². The molecular weight excluding hydrogens is 340 g/mol. The molecule has 0 heterocycles. The zero-order valence-electron chi connectivity index (χ0n) is 19.2. The average Bonchev–Trinajstić information content (AvgIpc) is 3.02. The molecule has 7 atom stereocenters. The van der Waals surface area contributed by atoms with E-state index in [0.29, 0.717) is 22.5 Å². The second-order valence-corrected chi connectivity index (χ2v) is 11.8. The van der Waals surface area contributed by atoms with Crippen LogP contribution in [0.15, 0.2) is 11.6 Å². The van der Waals surface area contributed by atoms with Gasteiger partial charge in [0.25, 0.3) is 0 Å². The lowest BCUT2D eigenvalue weighted by molar-refractivity contribution is -0.122. The lowest BCUT2D eigenvalue weighted by atomic mass is 9.47. The first kappa shape index (κ1) is 20.7. The van der Waals surface area contributed by atoms with Crippen LogP contribution in [-0.2, 0) is 4.79 Å². The van der Waals surface area contributed by atoms with Gasteiger partial charge in [0.2, 0.25) is 0 Å². The SMILES string of the molecule is CC(C)C(=O)CCC(C)C1CCC2C3CC=C4CCCCC4(C)C3CCC12C. The molecule has 0 aromatic heterocycles. The number of fused-ring (bicyclic) bond motifs is 5. The van der Waals surface area contributed by atoms with Crippen LogP contribution in [0.3, 0.4) is 0 Å². The van der Waals surface area contributed by atoms with Crippen molar-refractivity contribution in [3.63, 3.8) is 0 Å². The molecule has 28 heavy (non-hydrogen) atoms. The molecule has 3 saturated carbocycles. The summed E-state index contributed by atoms with van der Waals surface area (Å²) in [6.45, 7) is 11.8. The predicted molar refractivity (Wildman–Crippen MR) is 118 cm³/mol. The maximum atomic E-state index is 12.2. The maximum absolute atomic E-state index is 12.2. The minimum atomic E-state index is 0.203. The van der Waals surface area contributed by atoms with Crippen LogP contribution in [0, 0.1) is 46.3 Å². The Balaban J connectivity index is 1.49. The quantitative estimate of drug-likeness (QED) is 0.446. The van der Waals surface area contributed by atoms with Crippen LogP contribution in [0.5, 0.6) is 0 Å². The van der Waals surface area contributed by atoms with E-state index in [1.165, 1.54) is 57.8 Å². The minimum absolute atomic E-state index is 0.203. The normalized spacial score (nSPS) is 43.7. The van der Waals surface area contributed by atoms with Crippen LogP contribution in [0.1, 0.15) is 105 Å². The summed E-state index contributed by atoms with van der Waals surface area (Å²) in [5.41, 5.74) is 2.88. The van der Waals surface area contributed by atoms with Crippen molar-refractivity contribution in [3.8, 4) is 0 Å². The fourth-order valence-electron chi connectivity index (χ4n) is 8.53. The molecule has 158 valence electrons. The molecule has 0 saturated heterocycles. The van der Waals surface area contributed by atoms with Gasteiger partial charge in [0.1, 0.15) is 5.78 Å². The molecule has 7 unspecified atom stereocenters. The highest BCUT2D eigenvalue weighted by Crippen LogP contribution is 2.67. The number of carbonyl (C=O) groups excluding carboxylic acids is 1. The highest BCUT2D eigenvalue weighted by atomic mass is 16.1. The van der Waals surface area contributed by atoms with Gasteiger partial charge >= 0.3 is 0 Å². The fourth-order valence-corrected chi connectivity index (χ4v) is 8.53. The zero-order chi connectivity index (χ0) is 20.1. The van der Waals surface area contributed by atoms with Gasteiger partial charge in [-0.25, -0.2) is 0 Å². The Bertz CT molecular complexity index is 630. The molecule has 0 aliphatic heterocycles. The Hall–Kier alpha value is -0.590. The first-order chi connectivity index (χ1) is 13.3. The third kappa shape index (κ3) is 3.24. The molecule has 1 heteroatoms. The van der Waals surface area contributed by atoms with Crippen molar-refractivity contribution < 1.29 is 4.79 Å². The molecule has 4 rings (SSSR count). The van der Waals surface area contributed by atoms with Gasteiger partial charge < -0.3 is 0 Å². The van der Waals surface area contributed by atoms with E-state index in [-0.39, 0.29) is 5.92 Å². The second-order valence-electron chi connectivity index (χ2n) is 11.8. The predicted octanol–water partition coefficient (Wildman–Crippen LogP) is 7.60. The number of ketones is 1. The van der Waals surface area contributed by atoms with Gasteiger partial charge in [-0.2, -0.15) is 0 Å². The van der Waals surface area contributed by atoms with Gasteiger partial charge in [-0.05, 0) is 98.2 Å². The van der Waals surface area contributed by atoms with Gasteiger partial charge in [0.05, 0.1) is 0 Å². The number of hydrogen-bond acceptors (Lipinski definition) is 1. The topological polar surface area (TPSA) is 17.1 Å². The molecule has 4 aliphatic rings. The van der Waals surface area contributed by atoms with Crippen molar-refractivity contribution in [2.24, 2.45) is 46.3 Å². The Morgan fingerprint density at radius 2 is 1.86 bits per heavy atom. The number of Topliss-reactive ketones (excluding diaryl/α,β-unsaturated/α-hetero) is 1. The molecule has 0 amide bonds. The number of carbonyl (C=O) groups is 1. The Kier molecular flexibility index (Phi) is 5.60.